The maximum absolute atomic E-state index is 11.8. The van der Waals surface area contributed by atoms with Gasteiger partial charge in [-0.05, 0) is 68.3 Å². The molecule has 2 aromatic carbocycles. The number of alkyl halides is 2. The van der Waals surface area contributed by atoms with Crippen LogP contribution >= 0.6 is 68.1 Å². The number of hydrogen-bond acceptors (Lipinski definition) is 11. The number of benzene rings is 2. The first-order valence-electron chi connectivity index (χ1n) is 16.2. The number of unbranched alkanes of at least 4 members (excludes halogenated alkanes) is 2. The molecule has 19 heteroatoms. The molecule has 0 N–H and O–H groups in total. The van der Waals surface area contributed by atoms with Crippen LogP contribution in [0.25, 0.3) is 0 Å². The molecule has 0 fully saturated rings. The van der Waals surface area contributed by atoms with Crippen molar-refractivity contribution in [3.05, 3.63) is 48.5 Å². The summed E-state index contributed by atoms with van der Waals surface area (Å²) in [6, 6.07) is 15.3. The molecule has 12 nitrogen and oxygen atoms in total. The average Bonchev–Trinajstić information content (AvgIpc) is 3.07. The molecule has 0 heterocycles. The first-order valence-corrected chi connectivity index (χ1v) is 21.9. The van der Waals surface area contributed by atoms with Crippen LogP contribution in [-0.4, -0.2) is 118 Å². The topological polar surface area (TPSA) is 140 Å². The minimum Gasteiger partial charge on any atom is -0.494 e. The third-order valence-corrected chi connectivity index (χ3v) is 8.52. The van der Waals surface area contributed by atoms with E-state index >= 15 is 0 Å². The van der Waals surface area contributed by atoms with Gasteiger partial charge in [0.05, 0.1) is 25.6 Å². The minimum absolute atomic E-state index is 0.128. The molecule has 0 spiro atoms. The number of carbonyl (C=O) groups excluding carboxylic acids is 4. The third-order valence-electron chi connectivity index (χ3n) is 5.80. The Labute approximate surface area is 342 Å². The van der Waals surface area contributed by atoms with E-state index in [-0.39, 0.29) is 18.4 Å². The lowest BCUT2D eigenvalue weighted by molar-refractivity contribution is -0.158. The number of ether oxygens (including phenoxy) is 3. The minimum atomic E-state index is -3.72. The second-order valence-corrected chi connectivity index (χ2v) is 18.8. The van der Waals surface area contributed by atoms with Gasteiger partial charge < -0.3 is 28.9 Å². The lowest BCUT2D eigenvalue weighted by Crippen LogP contribution is -2.35. The number of nitrogens with zero attached hydrogens (tertiary/aromatic N) is 3. The first-order chi connectivity index (χ1) is 24.6. The molecular weight excluding hydrogens is 838 g/mol. The van der Waals surface area contributed by atoms with E-state index in [4.69, 9.17) is 41.1 Å². The van der Waals surface area contributed by atoms with Crippen LogP contribution in [0.2, 0.25) is 0 Å². The van der Waals surface area contributed by atoms with E-state index in [1.54, 1.807) is 51.8 Å². The Balaban J connectivity index is 0. The maximum Gasteiger partial charge on any atom is 0.396 e. The van der Waals surface area contributed by atoms with E-state index in [1.807, 2.05) is 48.5 Å². The molecule has 302 valence electrons. The van der Waals surface area contributed by atoms with Gasteiger partial charge in [0.2, 0.25) is 9.57 Å². The molecule has 0 aliphatic carbocycles. The molecule has 53 heavy (non-hydrogen) atoms. The van der Waals surface area contributed by atoms with Crippen molar-refractivity contribution >= 4 is 100 Å². The van der Waals surface area contributed by atoms with Crippen LogP contribution in [0.4, 0.5) is 0 Å². The Hall–Kier alpha value is -2.27. The third kappa shape index (κ3) is 28.8. The van der Waals surface area contributed by atoms with Crippen molar-refractivity contribution < 1.29 is 41.8 Å². The predicted molar refractivity (Wildman–Crippen MR) is 218 cm³/mol. The van der Waals surface area contributed by atoms with E-state index in [2.05, 4.69) is 39.9 Å². The van der Waals surface area contributed by atoms with Crippen LogP contribution in [0.1, 0.15) is 46.5 Å². The van der Waals surface area contributed by atoms with Gasteiger partial charge in [-0.25, -0.2) is 4.79 Å². The van der Waals surface area contributed by atoms with E-state index in [1.165, 1.54) is 23.9 Å². The highest BCUT2D eigenvalue weighted by Crippen LogP contribution is 2.41. The summed E-state index contributed by atoms with van der Waals surface area (Å²) in [6.07, 6.45) is 4.34. The zero-order chi connectivity index (χ0) is 41.2. The molecule has 0 atom stereocenters. The van der Waals surface area contributed by atoms with Crippen molar-refractivity contribution in [1.29, 1.82) is 0 Å². The fourth-order valence-corrected chi connectivity index (χ4v) is 5.59. The standard InChI is InChI=1S/C14H19Cl2NO2S.C14H21NO2S.C6H11NO3.Cl2O2S/c1-4-5-10-19-11-6-8-12(9-7-11)20-14(15,16)13(18)17(2)3;1-4-5-10-17-12-6-8-13(9-7-12)18-11-14(16)15(2)3;1-4-10-6(9)5(8)7(2)3;1-5(2,3)4/h6-9H,4-5,10H2,1-3H3;6-9H,4-5,10-11H2,1-3H3;4H2,1-3H3;/i13+1,14+1;11+1,14+1;5+1,6+1;. The zero-order valence-electron chi connectivity index (χ0n) is 31.5. The van der Waals surface area contributed by atoms with Crippen molar-refractivity contribution in [2.75, 3.05) is 67.9 Å². The van der Waals surface area contributed by atoms with Gasteiger partial charge in [0, 0.05) is 73.4 Å². The van der Waals surface area contributed by atoms with Gasteiger partial charge in [0.25, 0.3) is 5.91 Å². The number of thioether (sulfide) groups is 2. The van der Waals surface area contributed by atoms with E-state index in [0.717, 1.165) is 65.3 Å². The normalized spacial score (nSPS) is 10.4. The van der Waals surface area contributed by atoms with Crippen molar-refractivity contribution in [2.45, 2.75) is 59.9 Å². The molecule has 0 saturated carbocycles. The van der Waals surface area contributed by atoms with Crippen LogP contribution < -0.4 is 9.47 Å². The monoisotopic (exact) mass is 887 g/mol. The highest BCUT2D eigenvalue weighted by atomic mass is 36.0. The van der Waals surface area contributed by atoms with E-state index in [9.17, 15) is 19.2 Å². The van der Waals surface area contributed by atoms with Gasteiger partial charge in [-0.1, -0.05) is 61.7 Å². The molecule has 0 aromatic heterocycles. The molecule has 0 saturated heterocycles. The van der Waals surface area contributed by atoms with Crippen LogP contribution in [0.3, 0.4) is 0 Å². The quantitative estimate of drug-likeness (QED) is 0.0333. The summed E-state index contributed by atoms with van der Waals surface area (Å²) in [5.74, 6) is 0.526. The molecule has 0 aliphatic heterocycles. The summed E-state index contributed by atoms with van der Waals surface area (Å²) in [6.45, 7) is 7.62. The number of carbonyl (C=O) groups is 4. The summed E-state index contributed by atoms with van der Waals surface area (Å²) < 4.78 is 32.4. The van der Waals surface area contributed by atoms with Crippen LogP contribution in [0, 0.1) is 0 Å². The zero-order valence-corrected chi connectivity index (χ0v) is 37.0. The van der Waals surface area contributed by atoms with Crippen molar-refractivity contribution in [3.8, 4) is 11.5 Å². The Kier molecular flexibility index (Phi) is 29.0. The number of amides is 3. The molecule has 2 aromatic rings. The van der Waals surface area contributed by atoms with Crippen molar-refractivity contribution in [1.82, 2.24) is 14.7 Å². The molecule has 0 radical (unpaired) electrons. The summed E-state index contributed by atoms with van der Waals surface area (Å²) >= 11 is 14.8. The summed E-state index contributed by atoms with van der Waals surface area (Å²) in [5, 5.41) is 0. The molecule has 0 bridgehead atoms. The smallest absolute Gasteiger partial charge is 0.396 e. The van der Waals surface area contributed by atoms with Gasteiger partial charge in [0.15, 0.2) is 0 Å². The maximum atomic E-state index is 11.8. The fraction of sp³-hybridized carbons (Fsp3) is 0.529. The second kappa shape index (κ2) is 29.1. The summed E-state index contributed by atoms with van der Waals surface area (Å²) in [5.41, 5.74) is 0. The van der Waals surface area contributed by atoms with E-state index in [0.29, 0.717) is 12.4 Å². The Morgan fingerprint density at radius 1 is 0.698 bits per heavy atom. The number of likely N-dealkylation sites (N-methyl/N-ethyl adjacent to an activating group) is 1. The largest absolute Gasteiger partial charge is 0.494 e. The van der Waals surface area contributed by atoms with Gasteiger partial charge in [-0.15, -0.1) is 11.8 Å². The lowest BCUT2D eigenvalue weighted by Gasteiger charge is -2.22. The van der Waals surface area contributed by atoms with Gasteiger partial charge in [-0.2, -0.15) is 8.42 Å². The number of halogens is 4. The van der Waals surface area contributed by atoms with Crippen molar-refractivity contribution in [3.63, 3.8) is 0 Å². The van der Waals surface area contributed by atoms with Crippen molar-refractivity contribution in [2.24, 2.45) is 0 Å². The number of rotatable bonds is 15. The molecule has 3 amide bonds. The Bertz CT molecular complexity index is 1460. The predicted octanol–water partition coefficient (Wildman–Crippen LogP) is 7.57. The first kappa shape index (κ1) is 52.8. The molecule has 0 unspecified atom stereocenters. The van der Waals surface area contributed by atoms with Gasteiger partial charge in [0.1, 0.15) is 11.5 Å². The van der Waals surface area contributed by atoms with E-state index < -0.39 is 23.8 Å². The number of hydrogen-bond donors (Lipinski definition) is 0. The molecule has 0 aliphatic rings. The number of esters is 1. The van der Waals surface area contributed by atoms with Gasteiger partial charge in [-0.3, -0.25) is 14.4 Å². The van der Waals surface area contributed by atoms with Crippen LogP contribution in [0.5, 0.6) is 11.5 Å². The summed E-state index contributed by atoms with van der Waals surface area (Å²) in [7, 11) is 14.6. The lowest BCUT2D eigenvalue weighted by atomic mass is 10.3. The molecular formula is C34H51Cl4N3O9S3. The fourth-order valence-electron chi connectivity index (χ4n) is 3.01. The highest BCUT2D eigenvalue weighted by Gasteiger charge is 2.36. The SMILES string of the molecule is CCCCOc1ccc(S[13CH2][13C](=O)N(C)C)cc1.CCCCOc1ccc(S[13C](Cl)(Cl)[13C](=O)N(C)C)cc1.CCO[13C](=O)[13C](=O)N(C)C.O=S(=O)(Cl)Cl. The van der Waals surface area contributed by atoms with Gasteiger partial charge >= 0.3 is 20.1 Å². The van der Waals surface area contributed by atoms with Crippen LogP contribution in [-0.2, 0) is 32.2 Å². The Morgan fingerprint density at radius 2 is 1.11 bits per heavy atom. The Morgan fingerprint density at radius 3 is 1.45 bits per heavy atom. The second-order valence-electron chi connectivity index (χ2n) is 11.0. The van der Waals surface area contributed by atoms with Crippen LogP contribution in [0.15, 0.2) is 58.3 Å². The average molecular weight is 890 g/mol. The highest BCUT2D eigenvalue weighted by molar-refractivity contribution is 8.31. The summed E-state index contributed by atoms with van der Waals surface area (Å²) in [4.78, 5) is 50.6. The molecule has 2 rings (SSSR count).